The Morgan fingerprint density at radius 3 is 2.50 bits per heavy atom. The van der Waals surface area contributed by atoms with Gasteiger partial charge in [0.2, 0.25) is 0 Å². The molecule has 0 amide bonds. The number of allylic oxidation sites excluding steroid dienone is 1. The molecule has 1 aliphatic rings. The van der Waals surface area contributed by atoms with Crippen molar-refractivity contribution in [1.29, 1.82) is 0 Å². The summed E-state index contributed by atoms with van der Waals surface area (Å²) in [6.07, 6.45) is 4.21. The lowest BCUT2D eigenvalue weighted by Crippen LogP contribution is -2.37. The molecular formula is C11H20O. The Balaban J connectivity index is 2.86. The molecule has 0 spiro atoms. The van der Waals surface area contributed by atoms with Crippen LogP contribution in [-0.4, -0.2) is 10.7 Å². The van der Waals surface area contributed by atoms with Gasteiger partial charge in [0.1, 0.15) is 0 Å². The molecule has 1 aliphatic carbocycles. The van der Waals surface area contributed by atoms with Crippen LogP contribution in [0.1, 0.15) is 40.5 Å². The van der Waals surface area contributed by atoms with Crippen LogP contribution in [0, 0.1) is 11.8 Å². The fraction of sp³-hybridized carbons (Fsp3) is 0.818. The van der Waals surface area contributed by atoms with Crippen molar-refractivity contribution < 1.29 is 5.11 Å². The predicted molar refractivity (Wildman–Crippen MR) is 51.9 cm³/mol. The molecule has 0 saturated heterocycles. The lowest BCUT2D eigenvalue weighted by molar-refractivity contribution is 0.0386. The number of aliphatic hydroxyl groups is 1. The topological polar surface area (TPSA) is 20.2 Å². The van der Waals surface area contributed by atoms with Crippen LogP contribution in [0.3, 0.4) is 0 Å². The highest BCUT2D eigenvalue weighted by atomic mass is 16.3. The van der Waals surface area contributed by atoms with Crippen molar-refractivity contribution in [1.82, 2.24) is 0 Å². The molecule has 3 atom stereocenters. The summed E-state index contributed by atoms with van der Waals surface area (Å²) in [5, 5.41) is 10.1. The van der Waals surface area contributed by atoms with Gasteiger partial charge in [-0.25, -0.2) is 0 Å². The standard InChI is InChI=1S/C11H20O/c1-5-10-9(3)6-8(2)7-11(10,4)12/h5,8-9,12H,6-7H2,1-4H3/b10-5+/t8-,9-,11+/m1/s1. The van der Waals surface area contributed by atoms with E-state index in [-0.39, 0.29) is 0 Å². The van der Waals surface area contributed by atoms with Gasteiger partial charge in [-0.15, -0.1) is 0 Å². The summed E-state index contributed by atoms with van der Waals surface area (Å²) >= 11 is 0. The minimum absolute atomic E-state index is 0.550. The van der Waals surface area contributed by atoms with E-state index in [0.717, 1.165) is 6.42 Å². The molecule has 70 valence electrons. The second kappa shape index (κ2) is 3.21. The highest BCUT2D eigenvalue weighted by molar-refractivity contribution is 5.20. The Kier molecular flexibility index (Phi) is 2.62. The number of hydrogen-bond donors (Lipinski definition) is 1. The Hall–Kier alpha value is -0.300. The van der Waals surface area contributed by atoms with Crippen molar-refractivity contribution in [2.45, 2.75) is 46.1 Å². The van der Waals surface area contributed by atoms with E-state index >= 15 is 0 Å². The summed E-state index contributed by atoms with van der Waals surface area (Å²) in [4.78, 5) is 0. The van der Waals surface area contributed by atoms with E-state index in [1.54, 1.807) is 0 Å². The molecule has 0 aromatic heterocycles. The van der Waals surface area contributed by atoms with Crippen LogP contribution in [0.15, 0.2) is 11.6 Å². The molecule has 0 bridgehead atoms. The first-order valence-corrected chi connectivity index (χ1v) is 4.86. The maximum absolute atomic E-state index is 10.1. The van der Waals surface area contributed by atoms with Gasteiger partial charge in [-0.05, 0) is 44.1 Å². The number of hydrogen-bond acceptors (Lipinski definition) is 1. The zero-order chi connectivity index (χ0) is 9.35. The third kappa shape index (κ3) is 1.71. The molecular weight excluding hydrogens is 148 g/mol. The van der Waals surface area contributed by atoms with Crippen LogP contribution in [0.5, 0.6) is 0 Å². The van der Waals surface area contributed by atoms with Crippen molar-refractivity contribution >= 4 is 0 Å². The SMILES string of the molecule is C/C=C1\[C@H](C)C[C@@H](C)C[C@]1(C)O. The monoisotopic (exact) mass is 168 g/mol. The van der Waals surface area contributed by atoms with Crippen LogP contribution in [0.2, 0.25) is 0 Å². The zero-order valence-electron chi connectivity index (χ0n) is 8.59. The maximum Gasteiger partial charge on any atom is 0.0833 e. The minimum atomic E-state index is -0.550. The highest BCUT2D eigenvalue weighted by Gasteiger charge is 2.35. The second-order valence-corrected chi connectivity index (χ2v) is 4.46. The van der Waals surface area contributed by atoms with E-state index in [1.807, 2.05) is 13.8 Å². The molecule has 1 heteroatoms. The molecule has 1 saturated carbocycles. The second-order valence-electron chi connectivity index (χ2n) is 4.46. The van der Waals surface area contributed by atoms with Crippen LogP contribution in [0.25, 0.3) is 0 Å². The maximum atomic E-state index is 10.1. The predicted octanol–water partition coefficient (Wildman–Crippen LogP) is 2.75. The first-order valence-electron chi connectivity index (χ1n) is 4.86. The molecule has 12 heavy (non-hydrogen) atoms. The lowest BCUT2D eigenvalue weighted by Gasteiger charge is -2.39. The van der Waals surface area contributed by atoms with Gasteiger partial charge in [0.15, 0.2) is 0 Å². The summed E-state index contributed by atoms with van der Waals surface area (Å²) in [6, 6.07) is 0. The quantitative estimate of drug-likeness (QED) is 0.551. The molecule has 0 unspecified atom stereocenters. The van der Waals surface area contributed by atoms with E-state index < -0.39 is 5.60 Å². The van der Waals surface area contributed by atoms with Gasteiger partial charge >= 0.3 is 0 Å². The minimum Gasteiger partial charge on any atom is -0.386 e. The van der Waals surface area contributed by atoms with Gasteiger partial charge in [0, 0.05) is 0 Å². The van der Waals surface area contributed by atoms with Crippen molar-refractivity contribution in [2.24, 2.45) is 11.8 Å². The van der Waals surface area contributed by atoms with E-state index in [2.05, 4.69) is 19.9 Å². The summed E-state index contributed by atoms with van der Waals surface area (Å²) in [5.74, 6) is 1.20. The van der Waals surface area contributed by atoms with Gasteiger partial charge < -0.3 is 5.11 Å². The zero-order valence-corrected chi connectivity index (χ0v) is 8.59. The van der Waals surface area contributed by atoms with Crippen LogP contribution >= 0.6 is 0 Å². The Morgan fingerprint density at radius 1 is 1.50 bits per heavy atom. The molecule has 0 aliphatic heterocycles. The molecule has 1 nitrogen and oxygen atoms in total. The van der Waals surface area contributed by atoms with Gasteiger partial charge in [-0.1, -0.05) is 19.9 Å². The Morgan fingerprint density at radius 2 is 2.08 bits per heavy atom. The molecule has 1 rings (SSSR count). The molecule has 0 radical (unpaired) electrons. The summed E-state index contributed by atoms with van der Waals surface area (Å²) in [7, 11) is 0. The van der Waals surface area contributed by atoms with Crippen molar-refractivity contribution in [2.75, 3.05) is 0 Å². The number of rotatable bonds is 0. The Bertz CT molecular complexity index is 191. The summed E-state index contributed by atoms with van der Waals surface area (Å²) in [5.41, 5.74) is 0.673. The first kappa shape index (κ1) is 9.79. The molecule has 0 heterocycles. The fourth-order valence-electron chi connectivity index (χ4n) is 2.74. The normalized spacial score (nSPS) is 46.6. The molecule has 0 aromatic rings. The van der Waals surface area contributed by atoms with Gasteiger partial charge in [0.25, 0.3) is 0 Å². The van der Waals surface area contributed by atoms with Crippen molar-refractivity contribution in [3.05, 3.63) is 11.6 Å². The molecule has 0 aromatic carbocycles. The van der Waals surface area contributed by atoms with E-state index in [0.29, 0.717) is 11.8 Å². The lowest BCUT2D eigenvalue weighted by atomic mass is 9.71. The molecule has 1 N–H and O–H groups in total. The van der Waals surface area contributed by atoms with Gasteiger partial charge in [-0.2, -0.15) is 0 Å². The average molecular weight is 168 g/mol. The third-order valence-electron chi connectivity index (χ3n) is 2.97. The average Bonchev–Trinajstić information content (AvgIpc) is 1.82. The highest BCUT2D eigenvalue weighted by Crippen LogP contribution is 2.39. The van der Waals surface area contributed by atoms with Gasteiger partial charge in [-0.3, -0.25) is 0 Å². The van der Waals surface area contributed by atoms with Crippen LogP contribution < -0.4 is 0 Å². The largest absolute Gasteiger partial charge is 0.386 e. The van der Waals surface area contributed by atoms with Crippen LogP contribution in [0.4, 0.5) is 0 Å². The first-order chi connectivity index (χ1) is 5.47. The van der Waals surface area contributed by atoms with Crippen molar-refractivity contribution in [3.63, 3.8) is 0 Å². The van der Waals surface area contributed by atoms with Gasteiger partial charge in [0.05, 0.1) is 5.60 Å². The van der Waals surface area contributed by atoms with E-state index in [4.69, 9.17) is 0 Å². The van der Waals surface area contributed by atoms with Crippen LogP contribution in [-0.2, 0) is 0 Å². The Labute approximate surface area is 75.5 Å². The fourth-order valence-corrected chi connectivity index (χ4v) is 2.74. The smallest absolute Gasteiger partial charge is 0.0833 e. The van der Waals surface area contributed by atoms with E-state index in [1.165, 1.54) is 12.0 Å². The summed E-state index contributed by atoms with van der Waals surface area (Å²) < 4.78 is 0. The van der Waals surface area contributed by atoms with Crippen molar-refractivity contribution in [3.8, 4) is 0 Å². The molecule has 1 fully saturated rings. The van der Waals surface area contributed by atoms with E-state index in [9.17, 15) is 5.11 Å². The summed E-state index contributed by atoms with van der Waals surface area (Å²) in [6.45, 7) is 8.39. The third-order valence-corrected chi connectivity index (χ3v) is 2.97.